The fourth-order valence-electron chi connectivity index (χ4n) is 4.51. The summed E-state index contributed by atoms with van der Waals surface area (Å²) in [6.45, 7) is 1.18. The van der Waals surface area contributed by atoms with Gasteiger partial charge in [0, 0.05) is 0 Å². The van der Waals surface area contributed by atoms with E-state index >= 15 is 0 Å². The minimum absolute atomic E-state index is 0.0896. The molecule has 1 saturated carbocycles. The molecule has 8 heteroatoms. The molecule has 2 amide bonds. The normalized spacial score (nSPS) is 16.0. The minimum atomic E-state index is -0.735. The quantitative estimate of drug-likeness (QED) is 0.539. The summed E-state index contributed by atoms with van der Waals surface area (Å²) in [6.07, 6.45) is 3.24. The van der Waals surface area contributed by atoms with Gasteiger partial charge in [0.05, 0.1) is 5.41 Å². The number of fused-ring (bicyclic) bond motifs is 1. The van der Waals surface area contributed by atoms with Crippen LogP contribution in [0.3, 0.4) is 0 Å². The van der Waals surface area contributed by atoms with Crippen LogP contribution in [0.2, 0.25) is 0 Å². The van der Waals surface area contributed by atoms with Crippen molar-refractivity contribution in [2.45, 2.75) is 37.7 Å². The van der Waals surface area contributed by atoms with E-state index in [1.165, 1.54) is 0 Å². The largest absolute Gasteiger partial charge is 0.486 e. The van der Waals surface area contributed by atoms with Crippen molar-refractivity contribution in [3.63, 3.8) is 0 Å². The highest BCUT2D eigenvalue weighted by Gasteiger charge is 2.43. The molecule has 2 aromatic carbocycles. The van der Waals surface area contributed by atoms with Gasteiger partial charge in [-0.25, -0.2) is 0 Å². The van der Waals surface area contributed by atoms with E-state index in [9.17, 15) is 9.59 Å². The number of para-hydroxylation sites is 1. The predicted octanol–water partition coefficient (Wildman–Crippen LogP) is 3.90. The van der Waals surface area contributed by atoms with Crippen molar-refractivity contribution in [1.29, 1.82) is 0 Å². The molecule has 0 bridgehead atoms. The summed E-state index contributed by atoms with van der Waals surface area (Å²) in [5, 5.41) is 0. The Morgan fingerprint density at radius 1 is 0.882 bits per heavy atom. The van der Waals surface area contributed by atoms with Crippen LogP contribution >= 0.6 is 0 Å². The molecule has 0 unspecified atom stereocenters. The molecule has 0 spiro atoms. The molecule has 2 N–H and O–H groups in total. The van der Waals surface area contributed by atoms with Crippen molar-refractivity contribution in [3.05, 3.63) is 77.7 Å². The Balaban J connectivity index is 1.22. The van der Waals surface area contributed by atoms with Crippen molar-refractivity contribution in [3.8, 4) is 17.2 Å². The van der Waals surface area contributed by atoms with Crippen LogP contribution in [0.1, 0.15) is 47.6 Å². The maximum atomic E-state index is 13.3. The molecule has 1 aliphatic carbocycles. The number of carbonyl (C=O) groups excluding carboxylic acids is 2. The van der Waals surface area contributed by atoms with Gasteiger partial charge in [0.15, 0.2) is 17.3 Å². The van der Waals surface area contributed by atoms with Gasteiger partial charge >= 0.3 is 5.91 Å². The smallest absolute Gasteiger partial charge is 0.305 e. The van der Waals surface area contributed by atoms with Crippen LogP contribution in [0.5, 0.6) is 17.2 Å². The molecule has 0 atom stereocenters. The number of nitrogens with one attached hydrogen (secondary N) is 2. The fraction of sp³-hybridized carbons (Fsp3) is 0.308. The van der Waals surface area contributed by atoms with E-state index in [2.05, 4.69) is 10.9 Å². The van der Waals surface area contributed by atoms with Gasteiger partial charge in [-0.15, -0.1) is 0 Å². The second kappa shape index (κ2) is 9.51. The average Bonchev–Trinajstić information content (AvgIpc) is 3.57. The summed E-state index contributed by atoms with van der Waals surface area (Å²) < 4.78 is 22.5. The van der Waals surface area contributed by atoms with Gasteiger partial charge in [0.1, 0.15) is 31.3 Å². The Bertz CT molecular complexity index is 1170. The first kappa shape index (κ1) is 21.9. The zero-order valence-corrected chi connectivity index (χ0v) is 18.7. The van der Waals surface area contributed by atoms with E-state index in [-0.39, 0.29) is 18.3 Å². The standard InChI is InChI=1S/C26H26N2O6/c29-24(22-11-9-20(34-22)17-33-19-6-2-1-3-7-19)27-28-25(30)26(12-4-5-13-26)18-8-10-21-23(16-18)32-15-14-31-21/h1-3,6-11,16H,4-5,12-15,17H2,(H,27,29)(H,28,30). The SMILES string of the molecule is O=C(NNC(=O)C1(c2ccc3c(c2)OCCO3)CCCC1)c1ccc(COc2ccccc2)o1. The number of ether oxygens (including phenoxy) is 3. The Morgan fingerprint density at radius 3 is 2.44 bits per heavy atom. The van der Waals surface area contributed by atoms with Crippen molar-refractivity contribution in [2.75, 3.05) is 13.2 Å². The lowest BCUT2D eigenvalue weighted by Crippen LogP contribution is -2.50. The molecule has 1 fully saturated rings. The summed E-state index contributed by atoms with van der Waals surface area (Å²) >= 11 is 0. The number of benzene rings is 2. The molecule has 1 aromatic heterocycles. The third kappa shape index (κ3) is 4.44. The fourth-order valence-corrected chi connectivity index (χ4v) is 4.51. The van der Waals surface area contributed by atoms with Crippen LogP contribution in [0, 0.1) is 0 Å². The highest BCUT2D eigenvalue weighted by molar-refractivity contribution is 5.95. The summed E-state index contributed by atoms with van der Waals surface area (Å²) in [5.41, 5.74) is 5.22. The van der Waals surface area contributed by atoms with Gasteiger partial charge in [0.2, 0.25) is 5.91 Å². The third-order valence-electron chi connectivity index (χ3n) is 6.29. The van der Waals surface area contributed by atoms with Gasteiger partial charge in [0.25, 0.3) is 0 Å². The maximum Gasteiger partial charge on any atom is 0.305 e. The first-order chi connectivity index (χ1) is 16.6. The highest BCUT2D eigenvalue weighted by Crippen LogP contribution is 2.44. The molecule has 5 rings (SSSR count). The molecule has 0 radical (unpaired) electrons. The Hall–Kier alpha value is -3.94. The van der Waals surface area contributed by atoms with Crippen LogP contribution in [-0.4, -0.2) is 25.0 Å². The molecule has 3 aromatic rings. The Kier molecular flexibility index (Phi) is 6.12. The second-order valence-corrected chi connectivity index (χ2v) is 8.42. The zero-order valence-electron chi connectivity index (χ0n) is 18.7. The zero-order chi connectivity index (χ0) is 23.4. The van der Waals surface area contributed by atoms with Crippen LogP contribution in [0.25, 0.3) is 0 Å². The number of hydrogen-bond donors (Lipinski definition) is 2. The molecule has 176 valence electrons. The van der Waals surface area contributed by atoms with Gasteiger partial charge in [-0.05, 0) is 54.8 Å². The number of amides is 2. The van der Waals surface area contributed by atoms with Crippen LogP contribution in [-0.2, 0) is 16.8 Å². The summed E-state index contributed by atoms with van der Waals surface area (Å²) in [5.74, 6) is 1.84. The molecule has 8 nitrogen and oxygen atoms in total. The number of hydrazine groups is 1. The Labute approximate surface area is 197 Å². The van der Waals surface area contributed by atoms with Gasteiger partial charge in [-0.2, -0.15) is 0 Å². The minimum Gasteiger partial charge on any atom is -0.486 e. The van der Waals surface area contributed by atoms with Gasteiger partial charge < -0.3 is 18.6 Å². The maximum absolute atomic E-state index is 13.3. The molecule has 1 aliphatic heterocycles. The second-order valence-electron chi connectivity index (χ2n) is 8.42. The molecule has 34 heavy (non-hydrogen) atoms. The molecule has 0 saturated heterocycles. The van der Waals surface area contributed by atoms with E-state index in [1.54, 1.807) is 12.1 Å². The van der Waals surface area contributed by atoms with E-state index in [4.69, 9.17) is 18.6 Å². The van der Waals surface area contributed by atoms with Gasteiger partial charge in [-0.1, -0.05) is 37.1 Å². The lowest BCUT2D eigenvalue weighted by Gasteiger charge is -2.29. The lowest BCUT2D eigenvalue weighted by atomic mass is 9.78. The van der Waals surface area contributed by atoms with Crippen molar-refractivity contribution in [2.24, 2.45) is 0 Å². The number of furan rings is 1. The van der Waals surface area contributed by atoms with Crippen molar-refractivity contribution >= 4 is 11.8 Å². The first-order valence-corrected chi connectivity index (χ1v) is 11.4. The van der Waals surface area contributed by atoms with Crippen molar-refractivity contribution in [1.82, 2.24) is 10.9 Å². The molecule has 2 heterocycles. The number of carbonyl (C=O) groups is 2. The highest BCUT2D eigenvalue weighted by atomic mass is 16.6. The summed E-state index contributed by atoms with van der Waals surface area (Å²) in [6, 6.07) is 18.2. The molecular formula is C26H26N2O6. The van der Waals surface area contributed by atoms with Gasteiger partial charge in [-0.3, -0.25) is 20.4 Å². The van der Waals surface area contributed by atoms with Crippen molar-refractivity contribution < 1.29 is 28.2 Å². The summed E-state index contributed by atoms with van der Waals surface area (Å²) in [4.78, 5) is 25.9. The molecular weight excluding hydrogens is 436 g/mol. The van der Waals surface area contributed by atoms with Crippen LogP contribution in [0.15, 0.2) is 65.1 Å². The van der Waals surface area contributed by atoms with Crippen LogP contribution in [0.4, 0.5) is 0 Å². The summed E-state index contributed by atoms with van der Waals surface area (Å²) in [7, 11) is 0. The average molecular weight is 463 g/mol. The number of rotatable bonds is 6. The third-order valence-corrected chi connectivity index (χ3v) is 6.29. The lowest BCUT2D eigenvalue weighted by molar-refractivity contribution is -0.127. The Morgan fingerprint density at radius 2 is 1.65 bits per heavy atom. The van der Waals surface area contributed by atoms with Crippen LogP contribution < -0.4 is 25.1 Å². The predicted molar refractivity (Wildman–Crippen MR) is 123 cm³/mol. The van der Waals surface area contributed by atoms with E-state index in [1.807, 2.05) is 48.5 Å². The monoisotopic (exact) mass is 462 g/mol. The number of hydrogen-bond acceptors (Lipinski definition) is 6. The van der Waals surface area contributed by atoms with E-state index < -0.39 is 11.3 Å². The van der Waals surface area contributed by atoms with E-state index in [0.717, 1.165) is 18.4 Å². The first-order valence-electron chi connectivity index (χ1n) is 11.4. The molecule has 2 aliphatic rings. The van der Waals surface area contributed by atoms with E-state index in [0.29, 0.717) is 49.1 Å². The topological polar surface area (TPSA) is 99.0 Å².